The summed E-state index contributed by atoms with van der Waals surface area (Å²) in [7, 11) is 0. The van der Waals surface area contributed by atoms with E-state index in [0.29, 0.717) is 44.4 Å². The van der Waals surface area contributed by atoms with Gasteiger partial charge in [0.05, 0.1) is 58.1 Å². The van der Waals surface area contributed by atoms with Crippen LogP contribution in [0.4, 0.5) is 45.9 Å². The molecule has 1 atom stereocenters. The highest BCUT2D eigenvalue weighted by atomic mass is 32.1. The SMILES string of the molecule is Cc1cc(C(=O)O)ccc1-c1nc(C)c(-c2cnc(N3CC(F)(F)C3)nc2CN2C(=O)O[C@H](c3cc(C(F)(F)F)cc(C(F)(F)F)c3)C23CC3)s1. The number of hydrogen-bond donors (Lipinski definition) is 1. The molecular formula is C33H25F8N5O4S. The van der Waals surface area contributed by atoms with E-state index in [1.165, 1.54) is 39.5 Å². The van der Waals surface area contributed by atoms with Gasteiger partial charge in [-0.05, 0) is 68.1 Å². The monoisotopic (exact) mass is 739 g/mol. The van der Waals surface area contributed by atoms with Gasteiger partial charge in [0.2, 0.25) is 5.95 Å². The van der Waals surface area contributed by atoms with E-state index < -0.39 is 71.8 Å². The number of hydrogen-bond acceptors (Lipinski definition) is 8. The number of benzene rings is 2. The number of aryl methyl sites for hydroxylation is 2. The molecule has 3 aliphatic rings. The molecule has 4 heterocycles. The number of carbonyl (C=O) groups excluding carboxylic acids is 1. The van der Waals surface area contributed by atoms with Crippen LogP contribution in [0.1, 0.15) is 62.9 Å². The lowest BCUT2D eigenvalue weighted by Crippen LogP contribution is -2.57. The number of ether oxygens (including phenoxy) is 1. The molecule has 9 nitrogen and oxygen atoms in total. The van der Waals surface area contributed by atoms with Gasteiger partial charge in [0.15, 0.2) is 6.10 Å². The van der Waals surface area contributed by atoms with Gasteiger partial charge in [0, 0.05) is 17.3 Å². The molecule has 0 unspecified atom stereocenters. The van der Waals surface area contributed by atoms with E-state index in [-0.39, 0.29) is 42.7 Å². The molecule has 51 heavy (non-hydrogen) atoms. The van der Waals surface area contributed by atoms with E-state index >= 15 is 0 Å². The first-order valence-corrected chi connectivity index (χ1v) is 16.2. The minimum absolute atomic E-state index is 0.000716. The molecule has 0 radical (unpaired) electrons. The van der Waals surface area contributed by atoms with Crippen LogP contribution >= 0.6 is 11.3 Å². The molecule has 1 spiro atoms. The van der Waals surface area contributed by atoms with Gasteiger partial charge in [-0.2, -0.15) is 26.3 Å². The Kier molecular flexibility index (Phi) is 7.85. The number of alkyl halides is 8. The van der Waals surface area contributed by atoms with Crippen molar-refractivity contribution in [1.29, 1.82) is 0 Å². The maximum atomic E-state index is 13.8. The average molecular weight is 740 g/mol. The number of rotatable bonds is 7. The largest absolute Gasteiger partial charge is 0.478 e. The van der Waals surface area contributed by atoms with E-state index in [9.17, 15) is 49.8 Å². The molecule has 1 amide bonds. The molecule has 2 saturated heterocycles. The highest BCUT2D eigenvalue weighted by Gasteiger charge is 2.64. The number of carboxylic acid groups (broad SMARTS) is 1. The molecular weight excluding hydrogens is 714 g/mol. The van der Waals surface area contributed by atoms with Crippen molar-refractivity contribution in [2.24, 2.45) is 0 Å². The Labute approximate surface area is 287 Å². The number of carboxylic acids is 1. The van der Waals surface area contributed by atoms with Crippen molar-refractivity contribution in [1.82, 2.24) is 19.9 Å². The van der Waals surface area contributed by atoms with Crippen molar-refractivity contribution >= 4 is 29.3 Å². The fourth-order valence-electron chi connectivity index (χ4n) is 6.46. The third kappa shape index (κ3) is 6.22. The number of carbonyl (C=O) groups is 2. The van der Waals surface area contributed by atoms with Gasteiger partial charge in [-0.1, -0.05) is 6.07 Å². The first-order valence-electron chi connectivity index (χ1n) is 15.3. The number of anilines is 1. The van der Waals surface area contributed by atoms with Crippen molar-refractivity contribution in [2.75, 3.05) is 18.0 Å². The lowest BCUT2D eigenvalue weighted by atomic mass is 9.95. The second-order valence-corrected chi connectivity index (χ2v) is 13.8. The molecule has 1 aliphatic carbocycles. The van der Waals surface area contributed by atoms with Crippen LogP contribution in [0, 0.1) is 13.8 Å². The van der Waals surface area contributed by atoms with Gasteiger partial charge in [-0.15, -0.1) is 11.3 Å². The summed E-state index contributed by atoms with van der Waals surface area (Å²) in [4.78, 5) is 41.3. The topological polar surface area (TPSA) is 109 Å². The van der Waals surface area contributed by atoms with E-state index in [2.05, 4.69) is 15.0 Å². The quantitative estimate of drug-likeness (QED) is 0.189. The summed E-state index contributed by atoms with van der Waals surface area (Å²) in [5.41, 5.74) is -2.49. The molecule has 0 bridgehead atoms. The lowest BCUT2D eigenvalue weighted by Gasteiger charge is -2.38. The number of cyclic esters (lactones) is 1. The average Bonchev–Trinajstić information content (AvgIpc) is 3.66. The van der Waals surface area contributed by atoms with Crippen LogP contribution in [0.25, 0.3) is 21.0 Å². The molecule has 2 aromatic heterocycles. The van der Waals surface area contributed by atoms with Gasteiger partial charge in [0.1, 0.15) is 5.01 Å². The molecule has 2 aromatic carbocycles. The number of nitrogens with zero attached hydrogens (tertiary/aromatic N) is 5. The summed E-state index contributed by atoms with van der Waals surface area (Å²) in [6.07, 6.45) is -10.9. The Bertz CT molecular complexity index is 2060. The highest BCUT2D eigenvalue weighted by molar-refractivity contribution is 7.18. The van der Waals surface area contributed by atoms with E-state index in [1.807, 2.05) is 0 Å². The third-order valence-electron chi connectivity index (χ3n) is 9.17. The van der Waals surface area contributed by atoms with Gasteiger partial charge in [-0.25, -0.2) is 33.3 Å². The minimum atomic E-state index is -5.11. The Morgan fingerprint density at radius 2 is 1.63 bits per heavy atom. The summed E-state index contributed by atoms with van der Waals surface area (Å²) in [5, 5.41) is 9.87. The summed E-state index contributed by atoms with van der Waals surface area (Å²) < 4.78 is 115. The Hall–Kier alpha value is -4.87. The van der Waals surface area contributed by atoms with Gasteiger partial charge < -0.3 is 14.7 Å². The van der Waals surface area contributed by atoms with Crippen LogP contribution in [0.15, 0.2) is 42.6 Å². The second-order valence-electron chi connectivity index (χ2n) is 12.8. The number of thiazole rings is 1. The van der Waals surface area contributed by atoms with E-state index in [0.717, 1.165) is 0 Å². The van der Waals surface area contributed by atoms with Crippen LogP contribution in [0.2, 0.25) is 0 Å². The smallest absolute Gasteiger partial charge is 0.416 e. The summed E-state index contributed by atoms with van der Waals surface area (Å²) in [6.45, 7) is 1.76. The molecule has 2 aliphatic heterocycles. The van der Waals surface area contributed by atoms with Crippen molar-refractivity contribution in [3.05, 3.63) is 81.8 Å². The van der Waals surface area contributed by atoms with E-state index in [4.69, 9.17) is 4.74 Å². The first kappa shape index (κ1) is 34.6. The van der Waals surface area contributed by atoms with E-state index in [1.54, 1.807) is 19.9 Å². The van der Waals surface area contributed by atoms with Crippen LogP contribution in [-0.2, 0) is 23.6 Å². The summed E-state index contributed by atoms with van der Waals surface area (Å²) in [6, 6.07) is 5.62. The predicted octanol–water partition coefficient (Wildman–Crippen LogP) is 8.30. The van der Waals surface area contributed by atoms with Gasteiger partial charge >= 0.3 is 24.4 Å². The normalized spacial score (nSPS) is 19.3. The Morgan fingerprint density at radius 1 is 0.980 bits per heavy atom. The predicted molar refractivity (Wildman–Crippen MR) is 165 cm³/mol. The van der Waals surface area contributed by atoms with Crippen molar-refractivity contribution in [2.45, 2.75) is 63.2 Å². The van der Waals surface area contributed by atoms with Crippen molar-refractivity contribution in [3.63, 3.8) is 0 Å². The fraction of sp³-hybridized carbons (Fsp3) is 0.364. The molecule has 3 fully saturated rings. The van der Waals surface area contributed by atoms with Crippen LogP contribution in [-0.4, -0.2) is 61.6 Å². The number of aromatic carboxylic acids is 1. The summed E-state index contributed by atoms with van der Waals surface area (Å²) in [5.74, 6) is -4.14. The molecule has 1 N–H and O–H groups in total. The minimum Gasteiger partial charge on any atom is -0.478 e. The number of amides is 1. The molecule has 268 valence electrons. The number of halogens is 8. The fourth-order valence-corrected chi connectivity index (χ4v) is 7.65. The lowest BCUT2D eigenvalue weighted by molar-refractivity contribution is -0.143. The second kappa shape index (κ2) is 11.6. The zero-order valence-electron chi connectivity index (χ0n) is 26.5. The Balaban J connectivity index is 1.28. The number of aromatic nitrogens is 3. The highest BCUT2D eigenvalue weighted by Crippen LogP contribution is 2.58. The van der Waals surface area contributed by atoms with Crippen LogP contribution in [0.3, 0.4) is 0 Å². The zero-order chi connectivity index (χ0) is 36.8. The maximum absolute atomic E-state index is 13.8. The summed E-state index contributed by atoms with van der Waals surface area (Å²) >= 11 is 1.20. The molecule has 4 aromatic rings. The maximum Gasteiger partial charge on any atom is 0.416 e. The van der Waals surface area contributed by atoms with Crippen LogP contribution < -0.4 is 4.90 Å². The van der Waals surface area contributed by atoms with Crippen molar-refractivity contribution < 1.29 is 54.6 Å². The Morgan fingerprint density at radius 3 is 2.18 bits per heavy atom. The first-order chi connectivity index (χ1) is 23.8. The third-order valence-corrected chi connectivity index (χ3v) is 10.4. The van der Waals surface area contributed by atoms with Crippen molar-refractivity contribution in [3.8, 4) is 21.0 Å². The van der Waals surface area contributed by atoms with Gasteiger partial charge in [-0.3, -0.25) is 4.90 Å². The molecule has 1 saturated carbocycles. The van der Waals surface area contributed by atoms with Crippen LogP contribution in [0.5, 0.6) is 0 Å². The molecule has 7 rings (SSSR count). The zero-order valence-corrected chi connectivity index (χ0v) is 27.3. The molecule has 18 heteroatoms. The standard InChI is InChI=1S/C33H25F8N5O4S/c1-15-7-17(27(47)48)3-4-21(15)26-43-16(2)24(51-26)22-11-42-28(45-13-31(34,35)14-45)44-23(22)12-46-29(49)50-25(30(46)5-6-30)18-8-19(32(36,37)38)10-20(9-18)33(39,40)41/h3-4,7-11,25H,5-6,12-14H2,1-2H3,(H,47,48)/t25-/m1/s1. The van der Waals surface area contributed by atoms with Gasteiger partial charge in [0.25, 0.3) is 5.92 Å².